The molecule has 0 radical (unpaired) electrons. The molecular formula is C20H27ClN4O2. The molecule has 1 aromatic heterocycles. The lowest BCUT2D eigenvalue weighted by molar-refractivity contribution is -0.166. The van der Waals surface area contributed by atoms with Crippen molar-refractivity contribution in [1.29, 1.82) is 0 Å². The van der Waals surface area contributed by atoms with Gasteiger partial charge in [0.25, 0.3) is 0 Å². The molecule has 0 spiro atoms. The number of ether oxygens (including phenoxy) is 1. The number of carbonyl (C=O) groups is 1. The van der Waals surface area contributed by atoms with Crippen LogP contribution in [0.4, 0.5) is 5.69 Å². The molecule has 2 atom stereocenters. The number of nitrogens with one attached hydrogen (secondary N) is 1. The van der Waals surface area contributed by atoms with Gasteiger partial charge in [-0.2, -0.15) is 0 Å². The largest absolute Gasteiger partial charge is 0.378 e. The van der Waals surface area contributed by atoms with E-state index in [1.165, 1.54) is 0 Å². The van der Waals surface area contributed by atoms with Crippen LogP contribution in [0.5, 0.6) is 0 Å². The third-order valence-corrected chi connectivity index (χ3v) is 5.43. The van der Waals surface area contributed by atoms with Crippen LogP contribution in [0.1, 0.15) is 33.0 Å². The van der Waals surface area contributed by atoms with Gasteiger partial charge >= 0.3 is 0 Å². The zero-order valence-electron chi connectivity index (χ0n) is 16.2. The average molecular weight is 391 g/mol. The summed E-state index contributed by atoms with van der Waals surface area (Å²) < 4.78 is 5.70. The van der Waals surface area contributed by atoms with Gasteiger partial charge in [-0.05, 0) is 32.0 Å². The molecule has 2 unspecified atom stereocenters. The topological polar surface area (TPSA) is 90.1 Å². The molecule has 146 valence electrons. The Kier molecular flexibility index (Phi) is 6.24. The quantitative estimate of drug-likeness (QED) is 0.817. The Morgan fingerprint density at radius 1 is 1.37 bits per heavy atom. The van der Waals surface area contributed by atoms with E-state index in [0.29, 0.717) is 24.5 Å². The molecule has 1 saturated carbocycles. The molecule has 0 aliphatic heterocycles. The van der Waals surface area contributed by atoms with Crippen LogP contribution in [0.25, 0.3) is 11.3 Å². The zero-order chi connectivity index (χ0) is 18.9. The predicted octanol–water partition coefficient (Wildman–Crippen LogP) is 3.34. The lowest BCUT2D eigenvalue weighted by Crippen LogP contribution is -2.74. The summed E-state index contributed by atoms with van der Waals surface area (Å²) in [6.45, 7) is 8.38. The van der Waals surface area contributed by atoms with Crippen LogP contribution in [-0.4, -0.2) is 34.1 Å². The predicted molar refractivity (Wildman–Crippen MR) is 109 cm³/mol. The number of nitrogens with two attached hydrogens (primary N) is 1. The van der Waals surface area contributed by atoms with Gasteiger partial charge in [0.05, 0.1) is 11.8 Å². The van der Waals surface area contributed by atoms with Crippen LogP contribution in [-0.2, 0) is 9.53 Å². The van der Waals surface area contributed by atoms with Crippen molar-refractivity contribution in [3.63, 3.8) is 0 Å². The molecule has 3 N–H and O–H groups in total. The van der Waals surface area contributed by atoms with E-state index >= 15 is 0 Å². The SMILES string of the molecule is CCOC1CC(N)(C(=O)Nc2cccc(-c3ccnc(C)n3)c2)C1(C)C.Cl. The normalized spacial score (nSPS) is 23.1. The molecular weight excluding hydrogens is 364 g/mol. The minimum Gasteiger partial charge on any atom is -0.378 e. The molecule has 1 aliphatic rings. The van der Waals surface area contributed by atoms with Crippen molar-refractivity contribution >= 4 is 24.0 Å². The van der Waals surface area contributed by atoms with Gasteiger partial charge in [-0.15, -0.1) is 12.4 Å². The first-order valence-electron chi connectivity index (χ1n) is 8.90. The summed E-state index contributed by atoms with van der Waals surface area (Å²) >= 11 is 0. The highest BCUT2D eigenvalue weighted by Crippen LogP contribution is 2.50. The van der Waals surface area contributed by atoms with Crippen LogP contribution >= 0.6 is 12.4 Å². The second-order valence-corrected chi connectivity index (χ2v) is 7.37. The van der Waals surface area contributed by atoms with Gasteiger partial charge in [-0.1, -0.05) is 26.0 Å². The fraction of sp³-hybridized carbons (Fsp3) is 0.450. The summed E-state index contributed by atoms with van der Waals surface area (Å²) in [4.78, 5) is 21.4. The molecule has 1 amide bonds. The summed E-state index contributed by atoms with van der Waals surface area (Å²) in [7, 11) is 0. The first-order valence-corrected chi connectivity index (χ1v) is 8.90. The van der Waals surface area contributed by atoms with Crippen LogP contribution in [0, 0.1) is 12.3 Å². The molecule has 1 heterocycles. The minimum atomic E-state index is -0.950. The summed E-state index contributed by atoms with van der Waals surface area (Å²) in [5.74, 6) is 0.519. The Morgan fingerprint density at radius 3 is 2.74 bits per heavy atom. The number of amides is 1. The lowest BCUT2D eigenvalue weighted by atomic mass is 9.54. The number of nitrogens with zero attached hydrogens (tertiary/aromatic N) is 2. The standard InChI is InChI=1S/C20H26N4O2.ClH/c1-5-26-17-12-20(21,19(17,3)4)18(25)24-15-8-6-7-14(11-15)16-9-10-22-13(2)23-16;/h6-11,17H,5,12,21H2,1-4H3,(H,24,25);1H. The van der Waals surface area contributed by atoms with Crippen molar-refractivity contribution in [3.8, 4) is 11.3 Å². The first kappa shape index (κ1) is 21.3. The second kappa shape index (κ2) is 7.92. The molecule has 2 aromatic rings. The monoisotopic (exact) mass is 390 g/mol. The first-order chi connectivity index (χ1) is 12.3. The van der Waals surface area contributed by atoms with E-state index < -0.39 is 11.0 Å². The summed E-state index contributed by atoms with van der Waals surface area (Å²) in [5, 5.41) is 2.96. The van der Waals surface area contributed by atoms with E-state index in [2.05, 4.69) is 15.3 Å². The van der Waals surface area contributed by atoms with Gasteiger partial charge in [-0.3, -0.25) is 4.79 Å². The van der Waals surface area contributed by atoms with Gasteiger partial charge in [0.15, 0.2) is 0 Å². The Hall–Kier alpha value is -2.02. The Labute approximate surface area is 166 Å². The van der Waals surface area contributed by atoms with Crippen LogP contribution in [0.15, 0.2) is 36.5 Å². The van der Waals surface area contributed by atoms with Crippen molar-refractivity contribution in [2.24, 2.45) is 11.1 Å². The number of rotatable bonds is 5. The van der Waals surface area contributed by atoms with Crippen LogP contribution in [0.3, 0.4) is 0 Å². The van der Waals surface area contributed by atoms with Gasteiger partial charge in [-0.25, -0.2) is 9.97 Å². The zero-order valence-corrected chi connectivity index (χ0v) is 17.0. The maximum atomic E-state index is 12.9. The van der Waals surface area contributed by atoms with Gasteiger partial charge in [0.1, 0.15) is 11.4 Å². The van der Waals surface area contributed by atoms with Crippen molar-refractivity contribution in [3.05, 3.63) is 42.4 Å². The lowest BCUT2D eigenvalue weighted by Gasteiger charge is -2.57. The second-order valence-electron chi connectivity index (χ2n) is 7.37. The number of halogens is 1. The van der Waals surface area contributed by atoms with E-state index in [0.717, 1.165) is 11.3 Å². The Bertz CT molecular complexity index is 827. The molecule has 6 nitrogen and oxygen atoms in total. The van der Waals surface area contributed by atoms with E-state index in [-0.39, 0.29) is 24.4 Å². The molecule has 1 fully saturated rings. The molecule has 0 bridgehead atoms. The third kappa shape index (κ3) is 3.83. The molecule has 3 rings (SSSR count). The maximum absolute atomic E-state index is 12.9. The van der Waals surface area contributed by atoms with E-state index in [1.807, 2.05) is 58.0 Å². The van der Waals surface area contributed by atoms with Crippen LogP contribution in [0.2, 0.25) is 0 Å². The smallest absolute Gasteiger partial charge is 0.245 e. The molecule has 0 saturated heterocycles. The van der Waals surface area contributed by atoms with E-state index in [1.54, 1.807) is 6.20 Å². The molecule has 1 aliphatic carbocycles. The van der Waals surface area contributed by atoms with E-state index in [9.17, 15) is 4.79 Å². The third-order valence-electron chi connectivity index (χ3n) is 5.43. The number of carbonyl (C=O) groups excluding carboxylic acids is 1. The molecule has 27 heavy (non-hydrogen) atoms. The highest BCUT2D eigenvalue weighted by Gasteiger charge is 2.62. The number of aryl methyl sites for hydroxylation is 1. The minimum absolute atomic E-state index is 0. The highest BCUT2D eigenvalue weighted by molar-refractivity contribution is 6.00. The number of benzene rings is 1. The fourth-order valence-corrected chi connectivity index (χ4v) is 3.44. The highest BCUT2D eigenvalue weighted by atomic mass is 35.5. The Balaban J connectivity index is 0.00000261. The summed E-state index contributed by atoms with van der Waals surface area (Å²) in [6, 6.07) is 9.44. The molecule has 7 heteroatoms. The van der Waals surface area contributed by atoms with Gasteiger partial charge in [0, 0.05) is 35.9 Å². The number of aromatic nitrogens is 2. The van der Waals surface area contributed by atoms with Crippen molar-refractivity contribution in [2.45, 2.75) is 45.8 Å². The van der Waals surface area contributed by atoms with Crippen LogP contribution < -0.4 is 11.1 Å². The fourth-order valence-electron chi connectivity index (χ4n) is 3.44. The average Bonchev–Trinajstić information content (AvgIpc) is 2.61. The van der Waals surface area contributed by atoms with E-state index in [4.69, 9.17) is 10.5 Å². The molecule has 1 aromatic carbocycles. The van der Waals surface area contributed by atoms with Crippen molar-refractivity contribution < 1.29 is 9.53 Å². The number of hydrogen-bond donors (Lipinski definition) is 2. The summed E-state index contributed by atoms with van der Waals surface area (Å²) in [5.41, 5.74) is 7.51. The number of anilines is 1. The van der Waals surface area contributed by atoms with Gasteiger partial charge in [0.2, 0.25) is 5.91 Å². The van der Waals surface area contributed by atoms with Crippen molar-refractivity contribution in [2.75, 3.05) is 11.9 Å². The number of hydrogen-bond acceptors (Lipinski definition) is 5. The maximum Gasteiger partial charge on any atom is 0.245 e. The van der Waals surface area contributed by atoms with Gasteiger partial charge < -0.3 is 15.8 Å². The van der Waals surface area contributed by atoms with Crippen molar-refractivity contribution in [1.82, 2.24) is 9.97 Å². The summed E-state index contributed by atoms with van der Waals surface area (Å²) in [6.07, 6.45) is 2.24. The Morgan fingerprint density at radius 2 is 2.11 bits per heavy atom.